The number of amides is 1. The number of halogens is 1. The monoisotopic (exact) mass is 349 g/mol. The summed E-state index contributed by atoms with van der Waals surface area (Å²) in [4.78, 5) is 22.9. The Hall–Kier alpha value is -2.73. The van der Waals surface area contributed by atoms with Gasteiger partial charge in [-0.2, -0.15) is 0 Å². The average molecular weight is 350 g/mol. The lowest BCUT2D eigenvalue weighted by atomic mass is 10.2. The Labute approximate surface area is 144 Å². The third-order valence-electron chi connectivity index (χ3n) is 2.99. The van der Waals surface area contributed by atoms with Gasteiger partial charge in [-0.25, -0.2) is 4.79 Å². The Kier molecular flexibility index (Phi) is 6.03. The number of hydrogen-bond acceptors (Lipinski definition) is 4. The second kappa shape index (κ2) is 8.21. The van der Waals surface area contributed by atoms with Gasteiger partial charge in [0.25, 0.3) is 5.91 Å². The number of anilines is 1. The smallest absolute Gasteiger partial charge is 0.337 e. The van der Waals surface area contributed by atoms with Gasteiger partial charge in [-0.1, -0.05) is 11.6 Å². The summed E-state index contributed by atoms with van der Waals surface area (Å²) < 4.78 is 10.7. The molecule has 2 aromatic carbocycles. The molecular formula is C17H16ClNO5. The Morgan fingerprint density at radius 1 is 1.08 bits per heavy atom. The number of ether oxygens (including phenoxy) is 2. The van der Waals surface area contributed by atoms with E-state index in [9.17, 15) is 9.59 Å². The maximum atomic E-state index is 11.9. The molecule has 24 heavy (non-hydrogen) atoms. The minimum atomic E-state index is -1.17. The first-order valence-electron chi connectivity index (χ1n) is 7.18. The molecule has 0 bridgehead atoms. The van der Waals surface area contributed by atoms with Crippen molar-refractivity contribution in [1.29, 1.82) is 0 Å². The molecule has 0 saturated heterocycles. The first kappa shape index (κ1) is 17.6. The minimum absolute atomic E-state index is 0.0816. The molecule has 0 aromatic heterocycles. The van der Waals surface area contributed by atoms with Crippen LogP contribution in [0, 0.1) is 0 Å². The second-order valence-corrected chi connectivity index (χ2v) is 5.15. The molecule has 0 aliphatic rings. The molecule has 0 atom stereocenters. The van der Waals surface area contributed by atoms with E-state index in [0.717, 1.165) is 5.75 Å². The van der Waals surface area contributed by atoms with Crippen molar-refractivity contribution in [3.8, 4) is 11.5 Å². The Morgan fingerprint density at radius 2 is 1.71 bits per heavy atom. The number of carbonyl (C=O) groups excluding carboxylic acids is 1. The van der Waals surface area contributed by atoms with Gasteiger partial charge in [-0.3, -0.25) is 4.79 Å². The van der Waals surface area contributed by atoms with Gasteiger partial charge in [0.15, 0.2) is 6.61 Å². The molecule has 0 unspecified atom stereocenters. The third-order valence-corrected chi connectivity index (χ3v) is 3.31. The largest absolute Gasteiger partial charge is 0.494 e. The van der Waals surface area contributed by atoms with Crippen molar-refractivity contribution in [2.75, 3.05) is 18.5 Å². The van der Waals surface area contributed by atoms with Crippen molar-refractivity contribution in [3.05, 3.63) is 53.1 Å². The van der Waals surface area contributed by atoms with E-state index in [2.05, 4.69) is 5.32 Å². The zero-order valence-electron chi connectivity index (χ0n) is 12.9. The maximum Gasteiger partial charge on any atom is 0.337 e. The first-order chi connectivity index (χ1) is 11.5. The number of hydrogen-bond donors (Lipinski definition) is 2. The highest BCUT2D eigenvalue weighted by atomic mass is 35.5. The lowest BCUT2D eigenvalue weighted by molar-refractivity contribution is -0.118. The molecule has 126 valence electrons. The van der Waals surface area contributed by atoms with Crippen LogP contribution in [0.1, 0.15) is 17.3 Å². The number of aromatic carboxylic acids is 1. The molecule has 0 aliphatic heterocycles. The molecule has 0 radical (unpaired) electrons. The van der Waals surface area contributed by atoms with E-state index < -0.39 is 11.9 Å². The van der Waals surface area contributed by atoms with Crippen LogP contribution in [0.2, 0.25) is 5.02 Å². The van der Waals surface area contributed by atoms with Crippen LogP contribution in [-0.4, -0.2) is 30.2 Å². The van der Waals surface area contributed by atoms with Crippen molar-refractivity contribution >= 4 is 29.2 Å². The molecule has 0 saturated carbocycles. The zero-order valence-corrected chi connectivity index (χ0v) is 13.7. The summed E-state index contributed by atoms with van der Waals surface area (Å²) in [6, 6.07) is 11.1. The average Bonchev–Trinajstić information content (AvgIpc) is 2.56. The van der Waals surface area contributed by atoms with Gasteiger partial charge in [-0.05, 0) is 49.4 Å². The highest BCUT2D eigenvalue weighted by molar-refractivity contribution is 6.33. The van der Waals surface area contributed by atoms with Crippen LogP contribution in [0.4, 0.5) is 5.69 Å². The normalized spacial score (nSPS) is 10.1. The third kappa shape index (κ3) is 4.89. The van der Waals surface area contributed by atoms with Crippen molar-refractivity contribution < 1.29 is 24.2 Å². The van der Waals surface area contributed by atoms with Gasteiger partial charge in [0.2, 0.25) is 0 Å². The number of carboxylic acid groups (broad SMARTS) is 1. The lowest BCUT2D eigenvalue weighted by Crippen LogP contribution is -2.20. The van der Waals surface area contributed by atoms with Crippen LogP contribution in [0.25, 0.3) is 0 Å². The molecular weight excluding hydrogens is 334 g/mol. The standard InChI is InChI=1S/C17H16ClNO5/c1-2-23-12-4-6-13(7-5-12)24-10-16(20)19-11-3-8-15(18)14(9-11)17(21)22/h3-9H,2,10H2,1H3,(H,19,20)(H,21,22). The van der Waals surface area contributed by atoms with E-state index in [1.165, 1.54) is 18.2 Å². The number of nitrogens with one attached hydrogen (secondary N) is 1. The fourth-order valence-electron chi connectivity index (χ4n) is 1.91. The van der Waals surface area contributed by atoms with E-state index in [0.29, 0.717) is 18.0 Å². The maximum absolute atomic E-state index is 11.9. The zero-order chi connectivity index (χ0) is 17.5. The summed E-state index contributed by atoms with van der Waals surface area (Å²) in [5.74, 6) is -0.336. The molecule has 0 fully saturated rings. The van der Waals surface area contributed by atoms with E-state index in [1.807, 2.05) is 6.92 Å². The van der Waals surface area contributed by atoms with Gasteiger partial charge >= 0.3 is 5.97 Å². The summed E-state index contributed by atoms with van der Waals surface area (Å²) in [6.07, 6.45) is 0. The van der Waals surface area contributed by atoms with Crippen LogP contribution >= 0.6 is 11.6 Å². The molecule has 0 spiro atoms. The van der Waals surface area contributed by atoms with Crippen LogP contribution in [0.3, 0.4) is 0 Å². The Bertz CT molecular complexity index is 730. The first-order valence-corrected chi connectivity index (χ1v) is 7.55. The van der Waals surface area contributed by atoms with Crippen molar-refractivity contribution in [2.24, 2.45) is 0 Å². The molecule has 2 N–H and O–H groups in total. The van der Waals surface area contributed by atoms with Crippen LogP contribution in [-0.2, 0) is 4.79 Å². The molecule has 1 amide bonds. The molecule has 6 nitrogen and oxygen atoms in total. The van der Waals surface area contributed by atoms with E-state index >= 15 is 0 Å². The van der Waals surface area contributed by atoms with E-state index in [4.69, 9.17) is 26.2 Å². The van der Waals surface area contributed by atoms with Crippen LogP contribution in [0.5, 0.6) is 11.5 Å². The molecule has 0 heterocycles. The van der Waals surface area contributed by atoms with Crippen molar-refractivity contribution in [3.63, 3.8) is 0 Å². The quantitative estimate of drug-likeness (QED) is 0.799. The van der Waals surface area contributed by atoms with E-state index in [1.54, 1.807) is 24.3 Å². The Morgan fingerprint density at radius 3 is 2.29 bits per heavy atom. The number of rotatable bonds is 7. The highest BCUT2D eigenvalue weighted by Gasteiger charge is 2.11. The predicted molar refractivity (Wildman–Crippen MR) is 90.1 cm³/mol. The molecule has 0 aliphatic carbocycles. The summed E-state index contributed by atoms with van der Waals surface area (Å²) in [5, 5.41) is 11.7. The molecule has 2 aromatic rings. The van der Waals surface area contributed by atoms with Crippen molar-refractivity contribution in [1.82, 2.24) is 0 Å². The van der Waals surface area contributed by atoms with Gasteiger partial charge in [0.05, 0.1) is 17.2 Å². The van der Waals surface area contributed by atoms with Gasteiger partial charge in [-0.15, -0.1) is 0 Å². The minimum Gasteiger partial charge on any atom is -0.494 e. The predicted octanol–water partition coefficient (Wildman–Crippen LogP) is 3.45. The van der Waals surface area contributed by atoms with E-state index in [-0.39, 0.29) is 17.2 Å². The Balaban J connectivity index is 1.91. The lowest BCUT2D eigenvalue weighted by Gasteiger charge is -2.09. The fourth-order valence-corrected chi connectivity index (χ4v) is 2.11. The SMILES string of the molecule is CCOc1ccc(OCC(=O)Nc2ccc(Cl)c(C(=O)O)c2)cc1. The van der Waals surface area contributed by atoms with Crippen LogP contribution < -0.4 is 14.8 Å². The summed E-state index contributed by atoms with van der Waals surface area (Å²) in [7, 11) is 0. The van der Waals surface area contributed by atoms with Crippen LogP contribution in [0.15, 0.2) is 42.5 Å². The fraction of sp³-hybridized carbons (Fsp3) is 0.176. The van der Waals surface area contributed by atoms with Gasteiger partial charge < -0.3 is 19.9 Å². The van der Waals surface area contributed by atoms with Crippen molar-refractivity contribution in [2.45, 2.75) is 6.92 Å². The molecule has 2 rings (SSSR count). The molecule has 7 heteroatoms. The second-order valence-electron chi connectivity index (χ2n) is 4.74. The summed E-state index contributed by atoms with van der Waals surface area (Å²) in [6.45, 7) is 2.25. The number of carboxylic acids is 1. The highest BCUT2D eigenvalue weighted by Crippen LogP contribution is 2.21. The summed E-state index contributed by atoms with van der Waals surface area (Å²) >= 11 is 5.78. The van der Waals surface area contributed by atoms with Gasteiger partial charge in [0.1, 0.15) is 11.5 Å². The number of benzene rings is 2. The number of carbonyl (C=O) groups is 2. The summed E-state index contributed by atoms with van der Waals surface area (Å²) in [5.41, 5.74) is 0.249. The van der Waals surface area contributed by atoms with Gasteiger partial charge in [0, 0.05) is 5.69 Å². The topological polar surface area (TPSA) is 84.9 Å².